The van der Waals surface area contributed by atoms with Gasteiger partial charge in [-0.05, 0) is 103 Å². The van der Waals surface area contributed by atoms with E-state index >= 15 is 0 Å². The highest BCUT2D eigenvalue weighted by atomic mass is 16.3. The number of aromatic hydroxyl groups is 6. The fraction of sp³-hybridized carbons (Fsp3) is 0.455. The molecule has 6 nitrogen and oxygen atoms in total. The van der Waals surface area contributed by atoms with E-state index in [1.54, 1.807) is 12.1 Å². The van der Waals surface area contributed by atoms with Crippen LogP contribution in [0.15, 0.2) is 30.3 Å². The minimum Gasteiger partial charge on any atom is -0.508 e. The van der Waals surface area contributed by atoms with Gasteiger partial charge in [0.2, 0.25) is 11.5 Å². The van der Waals surface area contributed by atoms with Gasteiger partial charge in [0, 0.05) is 11.5 Å². The fourth-order valence-electron chi connectivity index (χ4n) is 6.93. The van der Waals surface area contributed by atoms with Crippen molar-refractivity contribution in [1.82, 2.24) is 0 Å². The van der Waals surface area contributed by atoms with Gasteiger partial charge in [0.1, 0.15) is 11.5 Å². The van der Waals surface area contributed by atoms with Gasteiger partial charge < -0.3 is 30.6 Å². The number of aryl methyl sites for hydroxylation is 2. The highest BCUT2D eigenvalue weighted by Crippen LogP contribution is 2.52. The summed E-state index contributed by atoms with van der Waals surface area (Å²) in [6.45, 7) is 3.81. The Morgan fingerprint density at radius 1 is 0.487 bits per heavy atom. The molecule has 0 saturated heterocycles. The summed E-state index contributed by atoms with van der Waals surface area (Å²) < 4.78 is 0. The van der Waals surface area contributed by atoms with Crippen molar-refractivity contribution in [1.29, 1.82) is 0 Å². The molecule has 208 valence electrons. The third kappa shape index (κ3) is 5.09. The van der Waals surface area contributed by atoms with E-state index in [1.807, 2.05) is 26.0 Å². The van der Waals surface area contributed by atoms with Crippen molar-refractivity contribution in [3.05, 3.63) is 69.3 Å². The van der Waals surface area contributed by atoms with Crippen LogP contribution in [-0.4, -0.2) is 30.6 Å². The maximum absolute atomic E-state index is 11.1. The maximum atomic E-state index is 11.1. The summed E-state index contributed by atoms with van der Waals surface area (Å²) in [5.41, 5.74) is 5.25. The minimum atomic E-state index is -0.775. The van der Waals surface area contributed by atoms with Crippen LogP contribution in [0, 0.1) is 13.8 Å². The molecule has 6 heteroatoms. The molecule has 2 fully saturated rings. The fourth-order valence-corrected chi connectivity index (χ4v) is 6.93. The van der Waals surface area contributed by atoms with E-state index < -0.39 is 28.9 Å². The molecular formula is C33H40O6. The lowest BCUT2D eigenvalue weighted by Gasteiger charge is -2.29. The van der Waals surface area contributed by atoms with E-state index in [4.69, 9.17) is 0 Å². The summed E-state index contributed by atoms with van der Waals surface area (Å²) in [5, 5.41) is 64.2. The Hall–Kier alpha value is -3.54. The first-order chi connectivity index (χ1) is 18.7. The van der Waals surface area contributed by atoms with Gasteiger partial charge >= 0.3 is 0 Å². The molecule has 0 atom stereocenters. The Morgan fingerprint density at radius 2 is 0.923 bits per heavy atom. The normalized spacial score (nSPS) is 17.1. The first kappa shape index (κ1) is 27.0. The number of rotatable bonds is 5. The van der Waals surface area contributed by atoms with Crippen molar-refractivity contribution in [3.63, 3.8) is 0 Å². The van der Waals surface area contributed by atoms with E-state index in [0.29, 0.717) is 0 Å². The van der Waals surface area contributed by atoms with E-state index in [1.165, 1.54) is 18.9 Å². The molecule has 0 bridgehead atoms. The largest absolute Gasteiger partial charge is 0.508 e. The molecule has 0 unspecified atom stereocenters. The summed E-state index contributed by atoms with van der Waals surface area (Å²) >= 11 is 0. The summed E-state index contributed by atoms with van der Waals surface area (Å²) in [6.07, 6.45) is 10.8. The Labute approximate surface area is 230 Å². The molecule has 5 rings (SSSR count). The Kier molecular flexibility index (Phi) is 7.57. The molecule has 6 N–H and O–H groups in total. The second kappa shape index (κ2) is 10.9. The van der Waals surface area contributed by atoms with Crippen LogP contribution in [0.5, 0.6) is 34.5 Å². The van der Waals surface area contributed by atoms with Gasteiger partial charge in [-0.1, -0.05) is 50.7 Å². The molecular weight excluding hydrogens is 492 g/mol. The molecule has 0 aliphatic heterocycles. The number of hydrogen-bond acceptors (Lipinski definition) is 6. The second-order valence-electron chi connectivity index (χ2n) is 11.7. The average molecular weight is 533 g/mol. The van der Waals surface area contributed by atoms with Crippen molar-refractivity contribution in [2.75, 3.05) is 0 Å². The zero-order valence-corrected chi connectivity index (χ0v) is 22.9. The smallest absolute Gasteiger partial charge is 0.204 e. The molecule has 0 spiro atoms. The van der Waals surface area contributed by atoms with E-state index in [9.17, 15) is 30.6 Å². The van der Waals surface area contributed by atoms with Crippen LogP contribution in [-0.2, 0) is 0 Å². The molecule has 0 aromatic heterocycles. The predicted molar refractivity (Wildman–Crippen MR) is 151 cm³/mol. The lowest BCUT2D eigenvalue weighted by Crippen LogP contribution is -2.12. The topological polar surface area (TPSA) is 121 Å². The second-order valence-corrected chi connectivity index (χ2v) is 11.7. The van der Waals surface area contributed by atoms with Gasteiger partial charge in [-0.15, -0.1) is 0 Å². The van der Waals surface area contributed by atoms with Gasteiger partial charge in [-0.3, -0.25) is 0 Å². The molecule has 2 aliphatic rings. The molecule has 0 radical (unpaired) electrons. The number of hydrogen-bond donors (Lipinski definition) is 6. The zero-order chi connectivity index (χ0) is 27.8. The lowest BCUT2D eigenvalue weighted by atomic mass is 9.75. The predicted octanol–water partition coefficient (Wildman–Crippen LogP) is 7.81. The van der Waals surface area contributed by atoms with Gasteiger partial charge in [-0.25, -0.2) is 0 Å². The van der Waals surface area contributed by atoms with Crippen molar-refractivity contribution in [3.8, 4) is 34.5 Å². The van der Waals surface area contributed by atoms with Crippen LogP contribution < -0.4 is 0 Å². The average Bonchev–Trinajstić information content (AvgIpc) is 2.93. The number of phenols is 6. The summed E-state index contributed by atoms with van der Waals surface area (Å²) in [4.78, 5) is 0. The van der Waals surface area contributed by atoms with Crippen LogP contribution in [0.25, 0.3) is 0 Å². The van der Waals surface area contributed by atoms with Gasteiger partial charge in [-0.2, -0.15) is 0 Å². The van der Waals surface area contributed by atoms with E-state index in [-0.39, 0.29) is 28.9 Å². The molecule has 2 aliphatic carbocycles. The quantitative estimate of drug-likeness (QED) is 0.113. The van der Waals surface area contributed by atoms with E-state index in [0.717, 1.165) is 84.7 Å². The highest BCUT2D eigenvalue weighted by molar-refractivity contribution is 5.66. The standard InChI is InChI=1S/C33H40O6/c1-18-13-27(34)24(20-9-5-3-6-10-20)15-22(18)30(26-17-29(36)32(38)33(39)31(26)37)23-16-25(28(35)14-19(23)2)21-11-7-4-8-12-21/h13-17,20-21,30,34-39H,3-12H2,1-2H3. The summed E-state index contributed by atoms with van der Waals surface area (Å²) in [6, 6.07) is 8.85. The van der Waals surface area contributed by atoms with Crippen LogP contribution in [0.3, 0.4) is 0 Å². The molecule has 3 aromatic rings. The van der Waals surface area contributed by atoms with Crippen molar-refractivity contribution in [2.24, 2.45) is 0 Å². The number of phenolic OH excluding ortho intramolecular Hbond substituents is 6. The van der Waals surface area contributed by atoms with E-state index in [2.05, 4.69) is 0 Å². The molecule has 39 heavy (non-hydrogen) atoms. The minimum absolute atomic E-state index is 0.229. The first-order valence-electron chi connectivity index (χ1n) is 14.3. The molecule has 0 heterocycles. The van der Waals surface area contributed by atoms with Gasteiger partial charge in [0.05, 0.1) is 0 Å². The summed E-state index contributed by atoms with van der Waals surface area (Å²) in [5.74, 6) is -2.24. The Morgan fingerprint density at radius 3 is 1.36 bits per heavy atom. The van der Waals surface area contributed by atoms with Crippen LogP contribution in [0.1, 0.15) is 121 Å². The molecule has 2 saturated carbocycles. The van der Waals surface area contributed by atoms with Gasteiger partial charge in [0.25, 0.3) is 0 Å². The molecule has 0 amide bonds. The highest BCUT2D eigenvalue weighted by Gasteiger charge is 2.31. The third-order valence-corrected chi connectivity index (χ3v) is 9.11. The van der Waals surface area contributed by atoms with Gasteiger partial charge in [0.15, 0.2) is 11.5 Å². The van der Waals surface area contributed by atoms with Crippen molar-refractivity contribution in [2.45, 2.75) is 95.8 Å². The Bertz CT molecular complexity index is 1290. The Balaban J connectivity index is 1.76. The van der Waals surface area contributed by atoms with Crippen LogP contribution in [0.2, 0.25) is 0 Å². The number of benzene rings is 3. The zero-order valence-electron chi connectivity index (χ0n) is 22.9. The monoisotopic (exact) mass is 532 g/mol. The SMILES string of the molecule is Cc1cc(O)c(C2CCCCC2)cc1C(c1cc(C2CCCCC2)c(O)cc1C)c1cc(O)c(O)c(O)c1O. The van der Waals surface area contributed by atoms with Crippen molar-refractivity contribution >= 4 is 0 Å². The first-order valence-corrected chi connectivity index (χ1v) is 14.3. The third-order valence-electron chi connectivity index (χ3n) is 9.11. The van der Waals surface area contributed by atoms with Crippen molar-refractivity contribution < 1.29 is 30.6 Å². The van der Waals surface area contributed by atoms with Crippen LogP contribution in [0.4, 0.5) is 0 Å². The maximum Gasteiger partial charge on any atom is 0.204 e. The molecule has 3 aromatic carbocycles. The van der Waals surface area contributed by atoms with Crippen LogP contribution >= 0.6 is 0 Å². The summed E-state index contributed by atoms with van der Waals surface area (Å²) in [7, 11) is 0. The lowest BCUT2D eigenvalue weighted by molar-refractivity contribution is 0.343.